The number of hydrogen-bond donors (Lipinski definition) is 2. The monoisotopic (exact) mass is 396 g/mol. The van der Waals surface area contributed by atoms with Gasteiger partial charge >= 0.3 is 0 Å². The molecule has 0 radical (unpaired) electrons. The number of benzene rings is 2. The molecule has 2 N–H and O–H groups in total. The van der Waals surface area contributed by atoms with Crippen molar-refractivity contribution in [2.45, 2.75) is 25.4 Å². The topological polar surface area (TPSA) is 64.7 Å². The Morgan fingerprint density at radius 1 is 1.00 bits per heavy atom. The summed E-state index contributed by atoms with van der Waals surface area (Å²) in [5.41, 5.74) is 8.34. The smallest absolute Gasteiger partial charge is 0.241 e. The minimum absolute atomic E-state index is 0.0722. The first-order chi connectivity index (χ1) is 14.0. The fourth-order valence-corrected chi connectivity index (χ4v) is 3.99. The van der Waals surface area contributed by atoms with E-state index >= 15 is 0 Å². The van der Waals surface area contributed by atoms with Crippen molar-refractivity contribution in [1.29, 1.82) is 0 Å². The number of Topliss-reactive ketones (excluding diaryl/α,β-unsaturated/α-hetero) is 1. The predicted molar refractivity (Wildman–Crippen MR) is 109 cm³/mol. The highest BCUT2D eigenvalue weighted by Crippen LogP contribution is 2.25. The van der Waals surface area contributed by atoms with Crippen LogP contribution < -0.4 is 15.8 Å². The Balaban J connectivity index is 1.34. The molecule has 2 unspecified atom stereocenters. The molecular weight excluding hydrogens is 371 g/mol. The molecule has 2 aliphatic heterocycles. The highest BCUT2D eigenvalue weighted by molar-refractivity contribution is 5.94. The standard InChI is InChI=1S/C22H25FN4O2/c1-15(28)17-7-8-21(18(23)13-17)26-9-11-27(12-10-26)22(29)20-14-19(24-25-20)16-5-3-2-4-6-16/h2-8,13,19-20,24-25H,9-12,14H2,1H3. The Hall–Kier alpha value is -2.77. The van der Waals surface area contributed by atoms with Gasteiger partial charge in [0.05, 0.1) is 5.69 Å². The molecule has 4 rings (SSSR count). The molecule has 2 heterocycles. The van der Waals surface area contributed by atoms with E-state index in [0.717, 1.165) is 5.56 Å². The van der Waals surface area contributed by atoms with E-state index in [1.165, 1.54) is 13.0 Å². The number of carbonyl (C=O) groups excluding carboxylic acids is 2. The molecule has 29 heavy (non-hydrogen) atoms. The minimum atomic E-state index is -0.398. The Bertz CT molecular complexity index is 897. The second kappa shape index (κ2) is 8.31. The lowest BCUT2D eigenvalue weighted by Crippen LogP contribution is -2.53. The van der Waals surface area contributed by atoms with Crippen molar-refractivity contribution in [1.82, 2.24) is 15.8 Å². The molecule has 1 amide bonds. The lowest BCUT2D eigenvalue weighted by molar-refractivity contribution is -0.133. The third-order valence-electron chi connectivity index (χ3n) is 5.69. The maximum absolute atomic E-state index is 14.4. The first-order valence-corrected chi connectivity index (χ1v) is 9.93. The lowest BCUT2D eigenvalue weighted by atomic mass is 10.0. The van der Waals surface area contributed by atoms with Crippen molar-refractivity contribution in [3.05, 3.63) is 65.5 Å². The van der Waals surface area contributed by atoms with Crippen molar-refractivity contribution in [2.75, 3.05) is 31.1 Å². The predicted octanol–water partition coefficient (Wildman–Crippen LogP) is 2.28. The van der Waals surface area contributed by atoms with Gasteiger partial charge in [0, 0.05) is 37.8 Å². The molecule has 6 nitrogen and oxygen atoms in total. The van der Waals surface area contributed by atoms with Gasteiger partial charge in [0.2, 0.25) is 5.91 Å². The van der Waals surface area contributed by atoms with Gasteiger partial charge in [-0.3, -0.25) is 9.59 Å². The summed E-state index contributed by atoms with van der Waals surface area (Å²) >= 11 is 0. The molecule has 2 fully saturated rings. The summed E-state index contributed by atoms with van der Waals surface area (Å²) in [7, 11) is 0. The third-order valence-corrected chi connectivity index (χ3v) is 5.69. The Labute approximate surface area is 169 Å². The molecule has 0 aliphatic carbocycles. The van der Waals surface area contributed by atoms with Crippen LogP contribution in [0.3, 0.4) is 0 Å². The van der Waals surface area contributed by atoms with Crippen LogP contribution in [0.25, 0.3) is 0 Å². The first-order valence-electron chi connectivity index (χ1n) is 9.93. The van der Waals surface area contributed by atoms with Gasteiger partial charge in [-0.25, -0.2) is 15.2 Å². The van der Waals surface area contributed by atoms with Crippen molar-refractivity contribution in [3.8, 4) is 0 Å². The number of amides is 1. The molecule has 2 saturated heterocycles. The Morgan fingerprint density at radius 3 is 2.38 bits per heavy atom. The largest absolute Gasteiger partial charge is 0.366 e. The lowest BCUT2D eigenvalue weighted by Gasteiger charge is -2.37. The fourth-order valence-electron chi connectivity index (χ4n) is 3.99. The van der Waals surface area contributed by atoms with Gasteiger partial charge in [-0.15, -0.1) is 0 Å². The maximum atomic E-state index is 14.4. The van der Waals surface area contributed by atoms with Crippen LogP contribution in [0.2, 0.25) is 0 Å². The number of halogens is 1. The van der Waals surface area contributed by atoms with E-state index in [-0.39, 0.29) is 23.8 Å². The normalized spacial score (nSPS) is 22.0. The van der Waals surface area contributed by atoms with Crippen LogP contribution >= 0.6 is 0 Å². The fraction of sp³-hybridized carbons (Fsp3) is 0.364. The molecule has 2 aromatic carbocycles. The number of nitrogens with one attached hydrogen (secondary N) is 2. The van der Waals surface area contributed by atoms with Crippen LogP contribution in [0.4, 0.5) is 10.1 Å². The van der Waals surface area contributed by atoms with Gasteiger partial charge in [-0.05, 0) is 37.1 Å². The van der Waals surface area contributed by atoms with Gasteiger partial charge in [-0.1, -0.05) is 30.3 Å². The van der Waals surface area contributed by atoms with Crippen LogP contribution in [0.5, 0.6) is 0 Å². The van der Waals surface area contributed by atoms with Crippen molar-refractivity contribution >= 4 is 17.4 Å². The van der Waals surface area contributed by atoms with Crippen LogP contribution in [-0.4, -0.2) is 48.8 Å². The quantitative estimate of drug-likeness (QED) is 0.777. The summed E-state index contributed by atoms with van der Waals surface area (Å²) < 4.78 is 14.4. The molecule has 0 saturated carbocycles. The van der Waals surface area contributed by atoms with E-state index in [4.69, 9.17) is 0 Å². The average Bonchev–Trinajstić information content (AvgIpc) is 3.24. The Kier molecular flexibility index (Phi) is 5.60. The SMILES string of the molecule is CC(=O)c1ccc(N2CCN(C(=O)C3CC(c4ccccc4)NN3)CC2)c(F)c1. The van der Waals surface area contributed by atoms with Gasteiger partial charge < -0.3 is 9.80 Å². The summed E-state index contributed by atoms with van der Waals surface area (Å²) in [5, 5.41) is 0. The summed E-state index contributed by atoms with van der Waals surface area (Å²) in [5.74, 6) is -0.481. The number of carbonyl (C=O) groups is 2. The van der Waals surface area contributed by atoms with E-state index in [1.54, 1.807) is 12.1 Å². The van der Waals surface area contributed by atoms with Crippen LogP contribution in [-0.2, 0) is 4.79 Å². The molecule has 0 spiro atoms. The van der Waals surface area contributed by atoms with Crippen LogP contribution in [0.1, 0.15) is 35.3 Å². The highest BCUT2D eigenvalue weighted by atomic mass is 19.1. The molecule has 2 aliphatic rings. The first kappa shape index (κ1) is 19.5. The van der Waals surface area contributed by atoms with Gasteiger partial charge in [0.15, 0.2) is 5.78 Å². The minimum Gasteiger partial charge on any atom is -0.366 e. The molecule has 152 valence electrons. The Morgan fingerprint density at radius 2 is 1.72 bits per heavy atom. The second-order valence-corrected chi connectivity index (χ2v) is 7.57. The van der Waals surface area contributed by atoms with Crippen LogP contribution in [0.15, 0.2) is 48.5 Å². The zero-order valence-electron chi connectivity index (χ0n) is 16.4. The molecule has 2 atom stereocenters. The van der Waals surface area contributed by atoms with Gasteiger partial charge in [0.25, 0.3) is 0 Å². The zero-order chi connectivity index (χ0) is 20.4. The van der Waals surface area contributed by atoms with Crippen LogP contribution in [0, 0.1) is 5.82 Å². The summed E-state index contributed by atoms with van der Waals surface area (Å²) in [6.07, 6.45) is 0.699. The summed E-state index contributed by atoms with van der Waals surface area (Å²) in [6.45, 7) is 3.63. The molecule has 0 aromatic heterocycles. The summed E-state index contributed by atoms with van der Waals surface area (Å²) in [4.78, 5) is 28.1. The van der Waals surface area contributed by atoms with Crippen molar-refractivity contribution < 1.29 is 14.0 Å². The van der Waals surface area contributed by atoms with E-state index in [1.807, 2.05) is 28.0 Å². The summed E-state index contributed by atoms with van der Waals surface area (Å²) in [6, 6.07) is 14.5. The molecule has 2 aromatic rings. The van der Waals surface area contributed by atoms with Crippen molar-refractivity contribution in [2.24, 2.45) is 0 Å². The number of hydrogen-bond acceptors (Lipinski definition) is 5. The second-order valence-electron chi connectivity index (χ2n) is 7.57. The highest BCUT2D eigenvalue weighted by Gasteiger charge is 2.34. The van der Waals surface area contributed by atoms with E-state index in [9.17, 15) is 14.0 Å². The van der Waals surface area contributed by atoms with Gasteiger partial charge in [-0.2, -0.15) is 0 Å². The zero-order valence-corrected chi connectivity index (χ0v) is 16.4. The van der Waals surface area contributed by atoms with E-state index in [2.05, 4.69) is 23.0 Å². The third kappa shape index (κ3) is 4.16. The van der Waals surface area contributed by atoms with E-state index < -0.39 is 5.82 Å². The number of piperazine rings is 1. The number of anilines is 1. The molecular formula is C22H25FN4O2. The van der Waals surface area contributed by atoms with Gasteiger partial charge in [0.1, 0.15) is 11.9 Å². The van der Waals surface area contributed by atoms with E-state index in [0.29, 0.717) is 43.9 Å². The number of nitrogens with zero attached hydrogens (tertiary/aromatic N) is 2. The number of ketones is 1. The molecule has 0 bridgehead atoms. The maximum Gasteiger partial charge on any atom is 0.241 e. The number of rotatable bonds is 4. The van der Waals surface area contributed by atoms with Crippen molar-refractivity contribution in [3.63, 3.8) is 0 Å². The molecule has 7 heteroatoms. The average molecular weight is 396 g/mol. The number of hydrazine groups is 1.